The van der Waals surface area contributed by atoms with E-state index >= 15 is 0 Å². The summed E-state index contributed by atoms with van der Waals surface area (Å²) in [5, 5.41) is 7.98. The molecular weight excluding hydrogens is 399 g/mol. The van der Waals surface area contributed by atoms with Crippen LogP contribution in [0.5, 0.6) is 0 Å². The van der Waals surface area contributed by atoms with Gasteiger partial charge in [0.05, 0.1) is 11.9 Å². The molecule has 12 nitrogen and oxygen atoms in total. The van der Waals surface area contributed by atoms with Gasteiger partial charge in [0.2, 0.25) is 0 Å². The molecule has 0 saturated heterocycles. The van der Waals surface area contributed by atoms with E-state index in [0.29, 0.717) is 28.3 Å². The number of carbonyl (C=O) groups is 1. The van der Waals surface area contributed by atoms with Gasteiger partial charge in [-0.15, -0.1) is 4.91 Å². The van der Waals surface area contributed by atoms with Gasteiger partial charge in [0.15, 0.2) is 23.1 Å². The lowest BCUT2D eigenvalue weighted by Gasteiger charge is -2.16. The highest BCUT2D eigenvalue weighted by atomic mass is 16.3. The standard InChI is InChI=1S/C18H17BN10O2/c19-11-6-2-1-4-9(11)8-28-17-10(5-3-7-23-17)12(26-28)16-24-14(20)13(15(21)25-16)29(22)18(30)27-31/h1-7H,8,19,22H2,(H4,20,21,24,25). The van der Waals surface area contributed by atoms with Crippen LogP contribution in [0.3, 0.4) is 0 Å². The van der Waals surface area contributed by atoms with Gasteiger partial charge in [0, 0.05) is 11.4 Å². The van der Waals surface area contributed by atoms with Gasteiger partial charge in [0.1, 0.15) is 19.2 Å². The highest BCUT2D eigenvalue weighted by Crippen LogP contribution is 2.31. The fourth-order valence-electron chi connectivity index (χ4n) is 3.22. The van der Waals surface area contributed by atoms with Crippen molar-refractivity contribution in [1.29, 1.82) is 0 Å². The van der Waals surface area contributed by atoms with Crippen molar-refractivity contribution < 1.29 is 4.79 Å². The molecule has 6 N–H and O–H groups in total. The number of aromatic nitrogens is 5. The van der Waals surface area contributed by atoms with Crippen LogP contribution < -0.4 is 27.8 Å². The second-order valence-electron chi connectivity index (χ2n) is 6.72. The zero-order valence-corrected chi connectivity index (χ0v) is 16.4. The molecule has 0 aliphatic carbocycles. The highest BCUT2D eigenvalue weighted by molar-refractivity contribution is 6.33. The Morgan fingerprint density at radius 2 is 1.84 bits per heavy atom. The number of fused-ring (bicyclic) bond motifs is 1. The van der Waals surface area contributed by atoms with E-state index in [2.05, 4.69) is 25.2 Å². The molecule has 0 unspecified atom stereocenters. The quantitative estimate of drug-likeness (QED) is 0.135. The van der Waals surface area contributed by atoms with Crippen molar-refractivity contribution >= 4 is 47.7 Å². The third kappa shape index (κ3) is 3.53. The largest absolute Gasteiger partial charge is 0.400 e. The number of carbonyl (C=O) groups excluding carboxylic acids is 1. The van der Waals surface area contributed by atoms with Crippen LogP contribution in [-0.2, 0) is 6.54 Å². The third-order valence-corrected chi connectivity index (χ3v) is 4.76. The lowest BCUT2D eigenvalue weighted by molar-refractivity contribution is 0.254. The second kappa shape index (κ2) is 7.80. The van der Waals surface area contributed by atoms with Crippen LogP contribution in [0.25, 0.3) is 22.6 Å². The molecule has 0 bridgehead atoms. The van der Waals surface area contributed by atoms with Crippen molar-refractivity contribution in [3.63, 3.8) is 0 Å². The van der Waals surface area contributed by atoms with Crippen molar-refractivity contribution in [2.75, 3.05) is 16.5 Å². The molecule has 0 aliphatic rings. The van der Waals surface area contributed by atoms with E-state index in [0.717, 1.165) is 11.0 Å². The van der Waals surface area contributed by atoms with Crippen molar-refractivity contribution in [2.45, 2.75) is 6.54 Å². The van der Waals surface area contributed by atoms with E-state index in [4.69, 9.17) is 17.3 Å². The van der Waals surface area contributed by atoms with E-state index in [1.807, 2.05) is 38.2 Å². The van der Waals surface area contributed by atoms with Gasteiger partial charge in [-0.05, 0) is 17.7 Å². The molecule has 13 heteroatoms. The lowest BCUT2D eigenvalue weighted by atomic mass is 9.91. The Hall–Kier alpha value is -4.39. The number of nitrogen functional groups attached to an aromatic ring is 2. The fourth-order valence-corrected chi connectivity index (χ4v) is 3.22. The minimum absolute atomic E-state index is 0.125. The number of nitroso groups, excluding NO2 is 1. The number of hydrogen-bond acceptors (Lipinski definition) is 9. The Morgan fingerprint density at radius 3 is 2.52 bits per heavy atom. The van der Waals surface area contributed by atoms with Crippen LogP contribution in [0.2, 0.25) is 0 Å². The number of benzene rings is 1. The predicted molar refractivity (Wildman–Crippen MR) is 119 cm³/mol. The minimum Gasteiger partial charge on any atom is -0.382 e. The number of amides is 2. The summed E-state index contributed by atoms with van der Waals surface area (Å²) >= 11 is 0. The van der Waals surface area contributed by atoms with Crippen LogP contribution in [0.1, 0.15) is 5.56 Å². The van der Waals surface area contributed by atoms with Gasteiger partial charge < -0.3 is 11.5 Å². The summed E-state index contributed by atoms with van der Waals surface area (Å²) in [6.45, 7) is 0.485. The maximum atomic E-state index is 11.5. The molecule has 4 rings (SSSR count). The van der Waals surface area contributed by atoms with Crippen molar-refractivity contribution in [2.24, 2.45) is 11.0 Å². The Kier molecular flexibility index (Phi) is 5.01. The molecule has 0 aliphatic heterocycles. The molecular formula is C18H17BN10O2. The summed E-state index contributed by atoms with van der Waals surface area (Å²) in [6, 6.07) is 10.3. The maximum absolute atomic E-state index is 11.5. The maximum Gasteiger partial charge on any atom is 0.400 e. The highest BCUT2D eigenvalue weighted by Gasteiger charge is 2.23. The Labute approximate surface area is 176 Å². The Morgan fingerprint density at radius 1 is 1.13 bits per heavy atom. The van der Waals surface area contributed by atoms with E-state index < -0.39 is 6.03 Å². The average molecular weight is 416 g/mol. The molecule has 154 valence electrons. The summed E-state index contributed by atoms with van der Waals surface area (Å²) in [7, 11) is 2.02. The van der Waals surface area contributed by atoms with E-state index in [1.54, 1.807) is 16.9 Å². The van der Waals surface area contributed by atoms with Crippen LogP contribution in [0.15, 0.2) is 47.8 Å². The first-order valence-corrected chi connectivity index (χ1v) is 9.12. The summed E-state index contributed by atoms with van der Waals surface area (Å²) in [5.74, 6) is 5.28. The molecule has 0 fully saturated rings. The molecule has 31 heavy (non-hydrogen) atoms. The van der Waals surface area contributed by atoms with Crippen LogP contribution in [0.4, 0.5) is 22.1 Å². The van der Waals surface area contributed by atoms with Gasteiger partial charge in [-0.1, -0.05) is 29.7 Å². The zero-order chi connectivity index (χ0) is 22.1. The third-order valence-electron chi connectivity index (χ3n) is 4.76. The number of nitrogens with two attached hydrogens (primary N) is 3. The topological polar surface area (TPSA) is 184 Å². The average Bonchev–Trinajstić information content (AvgIpc) is 3.12. The first-order valence-electron chi connectivity index (χ1n) is 9.12. The summed E-state index contributed by atoms with van der Waals surface area (Å²) < 4.78 is 1.74. The summed E-state index contributed by atoms with van der Waals surface area (Å²) in [5.41, 5.74) is 14.9. The Balaban J connectivity index is 1.83. The molecule has 0 radical (unpaired) electrons. The van der Waals surface area contributed by atoms with E-state index in [9.17, 15) is 9.70 Å². The smallest absolute Gasteiger partial charge is 0.382 e. The molecule has 0 atom stereocenters. The number of hydrazine groups is 1. The van der Waals surface area contributed by atoms with E-state index in [1.165, 1.54) is 0 Å². The molecule has 3 heterocycles. The molecule has 1 aromatic carbocycles. The van der Waals surface area contributed by atoms with E-state index in [-0.39, 0.29) is 23.1 Å². The SMILES string of the molecule is Bc1ccccc1Cn1nc(-c2nc(N)c(N(N)C(=O)N=O)c(N)n2)c2cccnc21. The first-order chi connectivity index (χ1) is 14.9. The molecule has 4 aromatic rings. The number of hydrogen-bond donors (Lipinski definition) is 3. The monoisotopic (exact) mass is 416 g/mol. The summed E-state index contributed by atoms with van der Waals surface area (Å²) in [6.07, 6.45) is 1.67. The van der Waals surface area contributed by atoms with Crippen molar-refractivity contribution in [3.05, 3.63) is 53.1 Å². The number of pyridine rings is 1. The lowest BCUT2D eigenvalue weighted by Crippen LogP contribution is -2.36. The first kappa shape index (κ1) is 19.9. The van der Waals surface area contributed by atoms with Crippen LogP contribution >= 0.6 is 0 Å². The summed E-state index contributed by atoms with van der Waals surface area (Å²) in [4.78, 5) is 34.8. The van der Waals surface area contributed by atoms with Gasteiger partial charge in [-0.25, -0.2) is 35.3 Å². The predicted octanol–water partition coefficient (Wildman–Crippen LogP) is -0.0741. The fraction of sp³-hybridized carbons (Fsp3) is 0.0556. The Bertz CT molecular complexity index is 1300. The number of urea groups is 1. The molecule has 0 saturated carbocycles. The van der Waals surface area contributed by atoms with Crippen LogP contribution in [-0.4, -0.2) is 38.6 Å². The van der Waals surface area contributed by atoms with Gasteiger partial charge in [0.25, 0.3) is 0 Å². The molecule has 0 spiro atoms. The van der Waals surface area contributed by atoms with Gasteiger partial charge >= 0.3 is 6.03 Å². The zero-order valence-electron chi connectivity index (χ0n) is 16.4. The van der Waals surface area contributed by atoms with Crippen LogP contribution in [0, 0.1) is 4.91 Å². The minimum atomic E-state index is -1.29. The molecule has 2 amide bonds. The number of nitrogens with zero attached hydrogens (tertiary/aromatic N) is 7. The van der Waals surface area contributed by atoms with Crippen molar-refractivity contribution in [3.8, 4) is 11.5 Å². The number of rotatable bonds is 4. The van der Waals surface area contributed by atoms with Gasteiger partial charge in [-0.2, -0.15) is 5.10 Å². The number of anilines is 3. The normalized spacial score (nSPS) is 10.9. The second-order valence-corrected chi connectivity index (χ2v) is 6.72. The van der Waals surface area contributed by atoms with Gasteiger partial charge in [-0.3, -0.25) is 0 Å². The van der Waals surface area contributed by atoms with Crippen molar-refractivity contribution in [1.82, 2.24) is 24.7 Å². The molecule has 3 aromatic heterocycles.